The third kappa shape index (κ3) is 4.82. The van der Waals surface area contributed by atoms with Crippen LogP contribution in [0.1, 0.15) is 28.4 Å². The van der Waals surface area contributed by atoms with Gasteiger partial charge in [-0.1, -0.05) is 30.0 Å². The molecule has 2 amide bonds. The maximum atomic E-state index is 12.7. The first-order valence-corrected chi connectivity index (χ1v) is 11.3. The number of aromatic nitrogens is 4. The fourth-order valence-corrected chi connectivity index (χ4v) is 4.88. The van der Waals surface area contributed by atoms with Crippen LogP contribution < -0.4 is 10.6 Å². The summed E-state index contributed by atoms with van der Waals surface area (Å²) in [4.78, 5) is 26.0. The summed E-state index contributed by atoms with van der Waals surface area (Å²) in [5.74, 6) is 0.881. The van der Waals surface area contributed by atoms with E-state index in [0.29, 0.717) is 16.4 Å². The van der Waals surface area contributed by atoms with Crippen molar-refractivity contribution in [2.75, 3.05) is 16.8 Å². The smallest absolute Gasteiger partial charge is 0.251 e. The van der Waals surface area contributed by atoms with Crippen molar-refractivity contribution in [1.29, 1.82) is 0 Å². The number of rotatable bonds is 6. The SMILES string of the molecule is Cn1nnnc1SCC(=O)Nc1ccc(C(=O)NC2CCSc3ccccc32)cc1. The molecule has 1 aromatic heterocycles. The molecule has 0 bridgehead atoms. The van der Waals surface area contributed by atoms with Crippen LogP contribution in [0.25, 0.3) is 0 Å². The molecule has 0 aliphatic carbocycles. The number of anilines is 1. The molecule has 1 aliphatic heterocycles. The van der Waals surface area contributed by atoms with E-state index in [1.54, 1.807) is 31.3 Å². The van der Waals surface area contributed by atoms with Gasteiger partial charge in [-0.15, -0.1) is 16.9 Å². The van der Waals surface area contributed by atoms with Gasteiger partial charge in [0.25, 0.3) is 5.91 Å². The highest BCUT2D eigenvalue weighted by Crippen LogP contribution is 2.35. The van der Waals surface area contributed by atoms with Crippen LogP contribution in [0.15, 0.2) is 58.6 Å². The van der Waals surface area contributed by atoms with Crippen molar-refractivity contribution in [1.82, 2.24) is 25.5 Å². The van der Waals surface area contributed by atoms with E-state index in [1.807, 2.05) is 23.9 Å². The highest BCUT2D eigenvalue weighted by atomic mass is 32.2. The normalized spacial score (nSPS) is 15.3. The van der Waals surface area contributed by atoms with Gasteiger partial charge in [-0.2, -0.15) is 0 Å². The van der Waals surface area contributed by atoms with Crippen molar-refractivity contribution in [2.45, 2.75) is 22.5 Å². The average Bonchev–Trinajstić information content (AvgIpc) is 3.18. The van der Waals surface area contributed by atoms with Crippen molar-refractivity contribution in [3.63, 3.8) is 0 Å². The predicted octanol–water partition coefficient (Wildman–Crippen LogP) is 2.91. The fourth-order valence-electron chi connectivity index (χ4n) is 3.11. The second-order valence-electron chi connectivity index (χ2n) is 6.70. The molecule has 0 radical (unpaired) electrons. The molecule has 1 atom stereocenters. The van der Waals surface area contributed by atoms with Gasteiger partial charge >= 0.3 is 0 Å². The lowest BCUT2D eigenvalue weighted by Crippen LogP contribution is -2.30. The minimum absolute atomic E-state index is 0.0152. The van der Waals surface area contributed by atoms with E-state index < -0.39 is 0 Å². The zero-order valence-corrected chi connectivity index (χ0v) is 17.9. The van der Waals surface area contributed by atoms with Crippen LogP contribution in [-0.4, -0.2) is 43.5 Å². The first-order valence-electron chi connectivity index (χ1n) is 9.38. The predicted molar refractivity (Wildman–Crippen MR) is 117 cm³/mol. The van der Waals surface area contributed by atoms with Crippen molar-refractivity contribution in [2.24, 2.45) is 7.05 Å². The molecular weight excluding hydrogens is 420 g/mol. The van der Waals surface area contributed by atoms with Crippen LogP contribution in [0.3, 0.4) is 0 Å². The summed E-state index contributed by atoms with van der Waals surface area (Å²) in [6.45, 7) is 0. The topological polar surface area (TPSA) is 102 Å². The molecule has 4 rings (SSSR count). The standard InChI is InChI=1S/C20H20N6O2S2/c1-26-20(23-24-25-26)30-12-18(27)21-14-8-6-13(7-9-14)19(28)22-16-10-11-29-17-5-3-2-4-15(16)17/h2-9,16H,10-12H2,1H3,(H,21,27)(H,22,28). The Morgan fingerprint density at radius 3 is 2.77 bits per heavy atom. The Bertz CT molecular complexity index is 1050. The molecule has 3 aromatic rings. The van der Waals surface area contributed by atoms with E-state index in [4.69, 9.17) is 0 Å². The fraction of sp³-hybridized carbons (Fsp3) is 0.250. The Labute approximate surface area is 182 Å². The van der Waals surface area contributed by atoms with E-state index in [2.05, 4.69) is 38.3 Å². The molecule has 0 spiro atoms. The first-order chi connectivity index (χ1) is 14.6. The summed E-state index contributed by atoms with van der Waals surface area (Å²) in [5, 5.41) is 17.6. The average molecular weight is 441 g/mol. The van der Waals surface area contributed by atoms with Gasteiger partial charge in [0.15, 0.2) is 0 Å². The summed E-state index contributed by atoms with van der Waals surface area (Å²) in [7, 11) is 1.72. The number of fused-ring (bicyclic) bond motifs is 1. The highest BCUT2D eigenvalue weighted by Gasteiger charge is 2.22. The zero-order chi connectivity index (χ0) is 20.9. The number of tetrazole rings is 1. The van der Waals surface area contributed by atoms with E-state index in [1.165, 1.54) is 26.9 Å². The largest absolute Gasteiger partial charge is 0.345 e. The minimum Gasteiger partial charge on any atom is -0.345 e. The second kappa shape index (κ2) is 9.31. The van der Waals surface area contributed by atoms with E-state index >= 15 is 0 Å². The summed E-state index contributed by atoms with van der Waals surface area (Å²) < 4.78 is 1.51. The maximum Gasteiger partial charge on any atom is 0.251 e. The first kappa shape index (κ1) is 20.4. The summed E-state index contributed by atoms with van der Waals surface area (Å²) >= 11 is 3.07. The number of amides is 2. The van der Waals surface area contributed by atoms with E-state index in [0.717, 1.165) is 12.2 Å². The number of nitrogens with zero attached hydrogens (tertiary/aromatic N) is 4. The van der Waals surface area contributed by atoms with Gasteiger partial charge in [-0.3, -0.25) is 9.59 Å². The van der Waals surface area contributed by atoms with Gasteiger partial charge in [0.2, 0.25) is 11.1 Å². The lowest BCUT2D eigenvalue weighted by molar-refractivity contribution is -0.113. The molecule has 0 saturated heterocycles. The third-order valence-electron chi connectivity index (χ3n) is 4.61. The second-order valence-corrected chi connectivity index (χ2v) is 8.78. The number of aryl methyl sites for hydroxylation is 1. The van der Waals surface area contributed by atoms with Crippen molar-refractivity contribution in [3.8, 4) is 0 Å². The van der Waals surface area contributed by atoms with Gasteiger partial charge in [-0.25, -0.2) is 4.68 Å². The van der Waals surface area contributed by atoms with Gasteiger partial charge in [0.1, 0.15) is 0 Å². The molecule has 154 valence electrons. The Kier molecular flexibility index (Phi) is 6.34. The number of benzene rings is 2. The quantitative estimate of drug-likeness (QED) is 0.568. The number of thioether (sulfide) groups is 2. The minimum atomic E-state index is -0.170. The molecule has 8 nitrogen and oxygen atoms in total. The van der Waals surface area contributed by atoms with Gasteiger partial charge in [-0.05, 0) is 52.7 Å². The number of carbonyl (C=O) groups is 2. The highest BCUT2D eigenvalue weighted by molar-refractivity contribution is 7.99. The van der Waals surface area contributed by atoms with E-state index in [9.17, 15) is 9.59 Å². The van der Waals surface area contributed by atoms with Crippen LogP contribution in [0.4, 0.5) is 5.69 Å². The molecule has 0 saturated carbocycles. The zero-order valence-electron chi connectivity index (χ0n) is 16.2. The number of hydrogen-bond donors (Lipinski definition) is 2. The lowest BCUT2D eigenvalue weighted by Gasteiger charge is -2.25. The summed E-state index contributed by atoms with van der Waals surface area (Å²) in [5.41, 5.74) is 2.36. The van der Waals surface area contributed by atoms with Gasteiger partial charge < -0.3 is 10.6 Å². The third-order valence-corrected chi connectivity index (χ3v) is 6.74. The Balaban J connectivity index is 1.32. The van der Waals surface area contributed by atoms with Crippen LogP contribution >= 0.6 is 23.5 Å². The molecule has 2 N–H and O–H groups in total. The molecule has 30 heavy (non-hydrogen) atoms. The van der Waals surface area contributed by atoms with Crippen molar-refractivity contribution in [3.05, 3.63) is 59.7 Å². The Morgan fingerprint density at radius 2 is 2.00 bits per heavy atom. The number of nitrogens with one attached hydrogen (secondary N) is 2. The van der Waals surface area contributed by atoms with Gasteiger partial charge in [0, 0.05) is 28.9 Å². The van der Waals surface area contributed by atoms with E-state index in [-0.39, 0.29) is 23.6 Å². The van der Waals surface area contributed by atoms with Crippen molar-refractivity contribution < 1.29 is 9.59 Å². The Hall–Kier alpha value is -2.85. The Morgan fingerprint density at radius 1 is 1.20 bits per heavy atom. The number of carbonyl (C=O) groups excluding carboxylic acids is 2. The van der Waals surface area contributed by atoms with Gasteiger partial charge in [0.05, 0.1) is 11.8 Å². The van der Waals surface area contributed by atoms with Crippen LogP contribution in [0.2, 0.25) is 0 Å². The number of hydrogen-bond acceptors (Lipinski definition) is 7. The van der Waals surface area contributed by atoms with Crippen LogP contribution in [0, 0.1) is 0 Å². The maximum absolute atomic E-state index is 12.7. The summed E-state index contributed by atoms with van der Waals surface area (Å²) in [6, 6.07) is 15.1. The van der Waals surface area contributed by atoms with Crippen LogP contribution in [0.5, 0.6) is 0 Å². The molecule has 2 heterocycles. The summed E-state index contributed by atoms with van der Waals surface area (Å²) in [6.07, 6.45) is 0.903. The van der Waals surface area contributed by atoms with Crippen LogP contribution in [-0.2, 0) is 11.8 Å². The molecule has 1 unspecified atom stereocenters. The molecule has 10 heteroatoms. The lowest BCUT2D eigenvalue weighted by atomic mass is 10.0. The molecule has 2 aromatic carbocycles. The molecule has 0 fully saturated rings. The monoisotopic (exact) mass is 440 g/mol. The molecular formula is C20H20N6O2S2. The molecule has 1 aliphatic rings. The van der Waals surface area contributed by atoms with Crippen molar-refractivity contribution >= 4 is 41.0 Å².